The summed E-state index contributed by atoms with van der Waals surface area (Å²) in [6.45, 7) is 13.1. The minimum atomic E-state index is 0. The predicted molar refractivity (Wildman–Crippen MR) is 116 cm³/mol. The maximum atomic E-state index is 4.09. The molecule has 2 rings (SSSR count). The third-order valence-corrected chi connectivity index (χ3v) is 3.12. The van der Waals surface area contributed by atoms with Gasteiger partial charge in [0, 0.05) is 35.5 Å². The van der Waals surface area contributed by atoms with Crippen molar-refractivity contribution in [2.75, 3.05) is 0 Å². The molecule has 0 saturated heterocycles. The fourth-order valence-electron chi connectivity index (χ4n) is 1.05. The van der Waals surface area contributed by atoms with E-state index in [0.717, 1.165) is 11.3 Å². The topological polar surface area (TPSA) is 24.4 Å². The first-order valence-corrected chi connectivity index (χ1v) is 9.51. The standard InChI is InChI=1S/C10H8N2.3C4H10.Sn/c1-2-5-9(6-3-1)10-7-4-8-11-12-10;3*1-3-4-2;/h1-3,5-8,11H;3*3-4H2,1-2H3;. The monoisotopic (exact) mass is 450 g/mol. The van der Waals surface area contributed by atoms with Gasteiger partial charge in [-0.3, -0.25) is 5.43 Å². The largest absolute Gasteiger partial charge is 0.277 e. The van der Waals surface area contributed by atoms with Crippen LogP contribution in [0.15, 0.2) is 53.4 Å². The van der Waals surface area contributed by atoms with Gasteiger partial charge in [0.25, 0.3) is 0 Å². The van der Waals surface area contributed by atoms with E-state index in [9.17, 15) is 0 Å². The zero-order valence-electron chi connectivity index (χ0n) is 17.2. The maximum absolute atomic E-state index is 4.09. The molecule has 0 atom stereocenters. The Balaban J connectivity index is -0.000000314. The Morgan fingerprint density at radius 3 is 1.52 bits per heavy atom. The number of hydrazone groups is 1. The van der Waals surface area contributed by atoms with Gasteiger partial charge in [-0.05, 0) is 0 Å². The van der Waals surface area contributed by atoms with Crippen LogP contribution in [0.3, 0.4) is 0 Å². The predicted octanol–water partition coefficient (Wildman–Crippen LogP) is 6.70. The van der Waals surface area contributed by atoms with E-state index >= 15 is 0 Å². The number of hydrogen-bond donors (Lipinski definition) is 1. The summed E-state index contributed by atoms with van der Waals surface area (Å²) in [6.07, 6.45) is 11.4. The Labute approximate surface area is 173 Å². The first kappa shape index (κ1) is 28.8. The molecule has 0 saturated carbocycles. The Morgan fingerprint density at radius 1 is 0.760 bits per heavy atom. The van der Waals surface area contributed by atoms with E-state index in [1.165, 1.54) is 38.5 Å². The summed E-state index contributed by atoms with van der Waals surface area (Å²) in [5.74, 6) is 0. The molecule has 2 nitrogen and oxygen atoms in total. The van der Waals surface area contributed by atoms with Gasteiger partial charge < -0.3 is 0 Å². The first-order valence-electron chi connectivity index (χ1n) is 9.51. The Bertz CT molecular complexity index is 431. The number of hydrogen-bond acceptors (Lipinski definition) is 2. The molecule has 0 aromatic heterocycles. The van der Waals surface area contributed by atoms with Crippen LogP contribution in [0.2, 0.25) is 0 Å². The number of nitrogens with zero attached hydrogens (tertiary/aromatic N) is 1. The van der Waals surface area contributed by atoms with E-state index < -0.39 is 0 Å². The number of allylic oxidation sites excluding steroid dienone is 1. The maximum Gasteiger partial charge on any atom is 0.0983 e. The van der Waals surface area contributed by atoms with Crippen molar-refractivity contribution in [2.24, 2.45) is 5.10 Å². The van der Waals surface area contributed by atoms with Crippen molar-refractivity contribution in [3.8, 4) is 0 Å². The van der Waals surface area contributed by atoms with E-state index in [0.29, 0.717) is 0 Å². The van der Waals surface area contributed by atoms with Crippen LogP contribution >= 0.6 is 0 Å². The van der Waals surface area contributed by atoms with Gasteiger partial charge in [0.05, 0.1) is 11.9 Å². The third-order valence-electron chi connectivity index (χ3n) is 3.12. The second-order valence-corrected chi connectivity index (χ2v) is 5.45. The van der Waals surface area contributed by atoms with Crippen LogP contribution in [-0.4, -0.2) is 29.6 Å². The molecule has 1 aliphatic rings. The summed E-state index contributed by atoms with van der Waals surface area (Å²) < 4.78 is 0. The van der Waals surface area contributed by atoms with Crippen LogP contribution in [0.4, 0.5) is 0 Å². The molecular formula is C22H38N2Sn. The summed E-state index contributed by atoms with van der Waals surface area (Å²) in [5, 5.41) is 4.09. The number of rotatable bonds is 4. The first-order chi connectivity index (χ1) is 11.7. The van der Waals surface area contributed by atoms with Gasteiger partial charge in [-0.2, -0.15) is 5.10 Å². The molecule has 0 bridgehead atoms. The third kappa shape index (κ3) is 21.0. The zero-order chi connectivity index (χ0) is 18.5. The average Bonchev–Trinajstić information content (AvgIpc) is 2.70. The normalized spacial score (nSPS) is 10.2. The molecule has 1 aliphatic heterocycles. The zero-order valence-corrected chi connectivity index (χ0v) is 20.1. The molecule has 0 aliphatic carbocycles. The molecular weight excluding hydrogens is 411 g/mol. The second-order valence-electron chi connectivity index (χ2n) is 5.45. The molecule has 0 spiro atoms. The van der Waals surface area contributed by atoms with Crippen LogP contribution in [0.25, 0.3) is 0 Å². The van der Waals surface area contributed by atoms with Crippen LogP contribution in [0.1, 0.15) is 85.6 Å². The summed E-state index contributed by atoms with van der Waals surface area (Å²) in [4.78, 5) is 0. The van der Waals surface area contributed by atoms with E-state index in [-0.39, 0.29) is 23.9 Å². The average molecular weight is 449 g/mol. The van der Waals surface area contributed by atoms with Gasteiger partial charge in [-0.1, -0.05) is 116 Å². The van der Waals surface area contributed by atoms with Crippen LogP contribution in [-0.2, 0) is 0 Å². The molecule has 1 heterocycles. The van der Waals surface area contributed by atoms with Gasteiger partial charge in [0.2, 0.25) is 0 Å². The number of nitrogens with one attached hydrogen (secondary N) is 1. The van der Waals surface area contributed by atoms with E-state index in [4.69, 9.17) is 0 Å². The molecule has 3 heteroatoms. The van der Waals surface area contributed by atoms with Crippen molar-refractivity contribution in [3.63, 3.8) is 0 Å². The van der Waals surface area contributed by atoms with Crippen molar-refractivity contribution in [2.45, 2.75) is 80.1 Å². The number of unbranched alkanes of at least 4 members (excludes halogenated alkanes) is 3. The fraction of sp³-hybridized carbons (Fsp3) is 0.545. The SMILES string of the molecule is C1=CNN=C(c2ccccc2)C=1.CCCC.CCCC.CCCC.[Sn]. The van der Waals surface area contributed by atoms with Crippen molar-refractivity contribution in [1.82, 2.24) is 5.43 Å². The molecule has 1 aromatic rings. The molecule has 0 amide bonds. The molecule has 25 heavy (non-hydrogen) atoms. The quantitative estimate of drug-likeness (QED) is 0.402. The van der Waals surface area contributed by atoms with Crippen LogP contribution in [0.5, 0.6) is 0 Å². The second kappa shape index (κ2) is 25.3. The minimum absolute atomic E-state index is 0. The Kier molecular flexibility index (Phi) is 29.1. The minimum Gasteiger partial charge on any atom is -0.277 e. The van der Waals surface area contributed by atoms with Gasteiger partial charge >= 0.3 is 0 Å². The van der Waals surface area contributed by atoms with Gasteiger partial charge in [0.1, 0.15) is 0 Å². The molecule has 140 valence electrons. The van der Waals surface area contributed by atoms with Crippen molar-refractivity contribution in [1.29, 1.82) is 0 Å². The van der Waals surface area contributed by atoms with Crippen molar-refractivity contribution < 1.29 is 0 Å². The van der Waals surface area contributed by atoms with Crippen LogP contribution < -0.4 is 5.43 Å². The smallest absolute Gasteiger partial charge is 0.0983 e. The van der Waals surface area contributed by atoms with E-state index in [2.05, 4.69) is 57.8 Å². The van der Waals surface area contributed by atoms with E-state index in [1.54, 1.807) is 6.20 Å². The summed E-state index contributed by atoms with van der Waals surface area (Å²) in [7, 11) is 0. The summed E-state index contributed by atoms with van der Waals surface area (Å²) in [6, 6.07) is 10.0. The Morgan fingerprint density at radius 2 is 1.20 bits per heavy atom. The summed E-state index contributed by atoms with van der Waals surface area (Å²) >= 11 is 0. The van der Waals surface area contributed by atoms with Crippen LogP contribution in [0, 0.1) is 0 Å². The number of benzene rings is 1. The molecule has 1 aromatic carbocycles. The molecule has 0 unspecified atom stereocenters. The Hall–Kier alpha value is -0.991. The summed E-state index contributed by atoms with van der Waals surface area (Å²) in [5.41, 5.74) is 7.71. The van der Waals surface area contributed by atoms with Crippen molar-refractivity contribution in [3.05, 3.63) is 53.9 Å². The molecule has 1 N–H and O–H groups in total. The molecule has 4 radical (unpaired) electrons. The fourth-order valence-corrected chi connectivity index (χ4v) is 1.05. The van der Waals surface area contributed by atoms with Gasteiger partial charge in [0.15, 0.2) is 0 Å². The van der Waals surface area contributed by atoms with Crippen molar-refractivity contribution >= 4 is 29.6 Å². The van der Waals surface area contributed by atoms with Gasteiger partial charge in [-0.25, -0.2) is 0 Å². The van der Waals surface area contributed by atoms with Gasteiger partial charge in [-0.15, -0.1) is 0 Å². The van der Waals surface area contributed by atoms with E-state index in [1.807, 2.05) is 36.4 Å². The molecule has 0 fully saturated rings.